The van der Waals surface area contributed by atoms with E-state index in [1.807, 2.05) is 0 Å². The molecular weight excluding hydrogens is 207 g/mol. The molecule has 1 aliphatic rings. The van der Waals surface area contributed by atoms with Crippen LogP contribution in [0, 0.1) is 5.82 Å². The molecule has 0 bridgehead atoms. The highest BCUT2D eigenvalue weighted by atomic mass is 19.1. The van der Waals surface area contributed by atoms with Crippen LogP contribution in [0.4, 0.5) is 15.8 Å². The van der Waals surface area contributed by atoms with Crippen LogP contribution in [0.2, 0.25) is 0 Å². The molecular formula is C12H15FN2O. The van der Waals surface area contributed by atoms with Crippen molar-refractivity contribution in [2.45, 2.75) is 32.2 Å². The first-order valence-electron chi connectivity index (χ1n) is 5.55. The van der Waals surface area contributed by atoms with Gasteiger partial charge in [-0.2, -0.15) is 0 Å². The maximum absolute atomic E-state index is 13.0. The summed E-state index contributed by atoms with van der Waals surface area (Å²) in [5.74, 6) is -0.398. The average molecular weight is 222 g/mol. The molecule has 1 aromatic carbocycles. The zero-order chi connectivity index (χ0) is 11.5. The summed E-state index contributed by atoms with van der Waals surface area (Å²) in [6.07, 6.45) is 2.38. The van der Waals surface area contributed by atoms with Gasteiger partial charge in [-0.3, -0.25) is 4.79 Å². The van der Waals surface area contributed by atoms with Gasteiger partial charge in [-0.15, -0.1) is 0 Å². The van der Waals surface area contributed by atoms with Crippen molar-refractivity contribution in [3.05, 3.63) is 24.0 Å². The standard InChI is InChI=1S/C12H15FN2O/c1-2-3-9-7-12(16)15-11-6-8(13)4-5-10(11)14-9/h4-6,9,14H,2-3,7H2,1H3,(H,15,16). The number of anilines is 2. The molecule has 16 heavy (non-hydrogen) atoms. The fourth-order valence-electron chi connectivity index (χ4n) is 1.96. The Morgan fingerprint density at radius 2 is 2.25 bits per heavy atom. The molecule has 1 aromatic rings. The molecule has 1 amide bonds. The topological polar surface area (TPSA) is 41.1 Å². The van der Waals surface area contributed by atoms with Gasteiger partial charge in [0.15, 0.2) is 0 Å². The van der Waals surface area contributed by atoms with Crippen molar-refractivity contribution in [2.24, 2.45) is 0 Å². The first-order valence-corrected chi connectivity index (χ1v) is 5.55. The van der Waals surface area contributed by atoms with E-state index < -0.39 is 0 Å². The van der Waals surface area contributed by atoms with Crippen LogP contribution in [0.3, 0.4) is 0 Å². The van der Waals surface area contributed by atoms with E-state index in [-0.39, 0.29) is 17.8 Å². The summed E-state index contributed by atoms with van der Waals surface area (Å²) in [5, 5.41) is 5.98. The largest absolute Gasteiger partial charge is 0.380 e. The average Bonchev–Trinajstić information content (AvgIpc) is 2.36. The highest BCUT2D eigenvalue weighted by Gasteiger charge is 2.20. The van der Waals surface area contributed by atoms with Crippen LogP contribution in [0.5, 0.6) is 0 Å². The van der Waals surface area contributed by atoms with Crippen LogP contribution in [0.1, 0.15) is 26.2 Å². The second-order valence-electron chi connectivity index (χ2n) is 4.07. The van der Waals surface area contributed by atoms with E-state index in [4.69, 9.17) is 0 Å². The second-order valence-corrected chi connectivity index (χ2v) is 4.07. The Morgan fingerprint density at radius 1 is 1.44 bits per heavy atom. The minimum absolute atomic E-state index is 0.0599. The van der Waals surface area contributed by atoms with Gasteiger partial charge in [0.25, 0.3) is 0 Å². The number of carbonyl (C=O) groups is 1. The lowest BCUT2D eigenvalue weighted by Gasteiger charge is -2.15. The normalized spacial score (nSPS) is 19.4. The molecule has 4 heteroatoms. The van der Waals surface area contributed by atoms with E-state index in [2.05, 4.69) is 17.6 Å². The lowest BCUT2D eigenvalue weighted by molar-refractivity contribution is -0.116. The molecule has 0 radical (unpaired) electrons. The molecule has 0 aliphatic carbocycles. The van der Waals surface area contributed by atoms with Gasteiger partial charge in [-0.1, -0.05) is 13.3 Å². The monoisotopic (exact) mass is 222 g/mol. The van der Waals surface area contributed by atoms with Gasteiger partial charge in [0.05, 0.1) is 11.4 Å². The minimum atomic E-state index is -0.338. The van der Waals surface area contributed by atoms with Crippen molar-refractivity contribution in [3.63, 3.8) is 0 Å². The number of nitrogens with one attached hydrogen (secondary N) is 2. The maximum atomic E-state index is 13.0. The van der Waals surface area contributed by atoms with Crippen molar-refractivity contribution in [3.8, 4) is 0 Å². The Kier molecular flexibility index (Phi) is 3.08. The van der Waals surface area contributed by atoms with Crippen LogP contribution in [0.25, 0.3) is 0 Å². The quantitative estimate of drug-likeness (QED) is 0.807. The van der Waals surface area contributed by atoms with Gasteiger partial charge < -0.3 is 10.6 Å². The van der Waals surface area contributed by atoms with Crippen LogP contribution in [0.15, 0.2) is 18.2 Å². The number of fused-ring (bicyclic) bond motifs is 1. The zero-order valence-electron chi connectivity index (χ0n) is 9.22. The van der Waals surface area contributed by atoms with Crippen molar-refractivity contribution in [2.75, 3.05) is 10.6 Å². The number of hydrogen-bond donors (Lipinski definition) is 2. The summed E-state index contributed by atoms with van der Waals surface area (Å²) in [7, 11) is 0. The molecule has 3 nitrogen and oxygen atoms in total. The number of carbonyl (C=O) groups excluding carboxylic acids is 1. The molecule has 0 saturated heterocycles. The van der Waals surface area contributed by atoms with E-state index >= 15 is 0 Å². The van der Waals surface area contributed by atoms with Crippen molar-refractivity contribution >= 4 is 17.3 Å². The van der Waals surface area contributed by atoms with Gasteiger partial charge in [-0.05, 0) is 24.6 Å². The highest BCUT2D eigenvalue weighted by Crippen LogP contribution is 2.27. The van der Waals surface area contributed by atoms with E-state index in [1.165, 1.54) is 12.1 Å². The van der Waals surface area contributed by atoms with E-state index in [0.29, 0.717) is 12.1 Å². The number of hydrogen-bond acceptors (Lipinski definition) is 2. The maximum Gasteiger partial charge on any atom is 0.226 e. The summed E-state index contributed by atoms with van der Waals surface area (Å²) in [6.45, 7) is 2.08. The predicted molar refractivity (Wildman–Crippen MR) is 62.0 cm³/mol. The van der Waals surface area contributed by atoms with Crippen LogP contribution < -0.4 is 10.6 Å². The van der Waals surface area contributed by atoms with Gasteiger partial charge >= 0.3 is 0 Å². The van der Waals surface area contributed by atoms with Crippen molar-refractivity contribution in [1.29, 1.82) is 0 Å². The van der Waals surface area contributed by atoms with E-state index in [1.54, 1.807) is 6.07 Å². The van der Waals surface area contributed by atoms with Crippen molar-refractivity contribution in [1.82, 2.24) is 0 Å². The highest BCUT2D eigenvalue weighted by molar-refractivity contribution is 5.96. The Labute approximate surface area is 94.0 Å². The zero-order valence-corrected chi connectivity index (χ0v) is 9.22. The number of benzene rings is 1. The third-order valence-corrected chi connectivity index (χ3v) is 2.68. The van der Waals surface area contributed by atoms with E-state index in [0.717, 1.165) is 18.5 Å². The number of halogens is 1. The Morgan fingerprint density at radius 3 is 3.00 bits per heavy atom. The van der Waals surface area contributed by atoms with E-state index in [9.17, 15) is 9.18 Å². The van der Waals surface area contributed by atoms with Gasteiger partial charge in [0.1, 0.15) is 5.82 Å². The number of amides is 1. The van der Waals surface area contributed by atoms with Crippen LogP contribution >= 0.6 is 0 Å². The smallest absolute Gasteiger partial charge is 0.226 e. The lowest BCUT2D eigenvalue weighted by Crippen LogP contribution is -2.22. The molecule has 1 atom stereocenters. The summed E-state index contributed by atoms with van der Waals surface area (Å²) in [4.78, 5) is 11.6. The molecule has 86 valence electrons. The fourth-order valence-corrected chi connectivity index (χ4v) is 1.96. The molecule has 1 unspecified atom stereocenters. The Bertz CT molecular complexity index is 406. The first kappa shape index (κ1) is 10.9. The van der Waals surface area contributed by atoms with Crippen LogP contribution in [-0.4, -0.2) is 11.9 Å². The lowest BCUT2D eigenvalue weighted by atomic mass is 10.1. The van der Waals surface area contributed by atoms with Gasteiger partial charge in [-0.25, -0.2) is 4.39 Å². The van der Waals surface area contributed by atoms with Gasteiger partial charge in [0, 0.05) is 12.5 Å². The molecule has 2 rings (SSSR count). The number of rotatable bonds is 2. The third-order valence-electron chi connectivity index (χ3n) is 2.68. The molecule has 0 aromatic heterocycles. The van der Waals surface area contributed by atoms with Crippen molar-refractivity contribution < 1.29 is 9.18 Å². The fraction of sp³-hybridized carbons (Fsp3) is 0.417. The third kappa shape index (κ3) is 2.32. The molecule has 0 spiro atoms. The summed E-state index contributed by atoms with van der Waals surface area (Å²) < 4.78 is 13.0. The molecule has 2 N–H and O–H groups in total. The van der Waals surface area contributed by atoms with Crippen LogP contribution in [-0.2, 0) is 4.79 Å². The Balaban J connectivity index is 2.28. The SMILES string of the molecule is CCCC1CC(=O)Nc2cc(F)ccc2N1. The molecule has 1 aliphatic heterocycles. The second kappa shape index (κ2) is 4.51. The Hall–Kier alpha value is -1.58. The first-order chi connectivity index (χ1) is 7.69. The minimum Gasteiger partial charge on any atom is -0.380 e. The molecule has 1 heterocycles. The predicted octanol–water partition coefficient (Wildman–Crippen LogP) is 2.75. The molecule has 0 saturated carbocycles. The molecule has 0 fully saturated rings. The van der Waals surface area contributed by atoms with Gasteiger partial charge in [0.2, 0.25) is 5.91 Å². The summed E-state index contributed by atoms with van der Waals surface area (Å²) in [6, 6.07) is 4.54. The summed E-state index contributed by atoms with van der Waals surface area (Å²) in [5.41, 5.74) is 1.33. The summed E-state index contributed by atoms with van der Waals surface area (Å²) >= 11 is 0.